The van der Waals surface area contributed by atoms with Crippen LogP contribution in [0.25, 0.3) is 0 Å². The smallest absolute Gasteiger partial charge is 0.260 e. The lowest BCUT2D eigenvalue weighted by atomic mass is 9.94. The van der Waals surface area contributed by atoms with E-state index in [9.17, 15) is 9.59 Å². The molecule has 0 fully saturated rings. The van der Waals surface area contributed by atoms with Gasteiger partial charge in [-0.05, 0) is 98.4 Å². The number of hydrogen-bond donors (Lipinski definition) is 2. The number of aromatic nitrogens is 3. The molecule has 3 aromatic carbocycles. The number of thioether (sulfide) groups is 1. The van der Waals surface area contributed by atoms with Crippen molar-refractivity contribution in [1.29, 1.82) is 0 Å². The lowest BCUT2D eigenvalue weighted by molar-refractivity contribution is -0.133. The average molecular weight is 768 g/mol. The summed E-state index contributed by atoms with van der Waals surface area (Å²) in [5.74, 6) is 1.48. The monoisotopic (exact) mass is 766 g/mol. The van der Waals surface area contributed by atoms with Crippen molar-refractivity contribution in [3.63, 3.8) is 0 Å². The molecule has 2 heterocycles. The second kappa shape index (κ2) is 16.1. The number of halogens is 2. The van der Waals surface area contributed by atoms with E-state index in [4.69, 9.17) is 31.2 Å². The van der Waals surface area contributed by atoms with Gasteiger partial charge in [0.25, 0.3) is 11.8 Å². The van der Waals surface area contributed by atoms with Gasteiger partial charge in [-0.25, -0.2) is 4.68 Å². The molecule has 1 atom stereocenters. The quantitative estimate of drug-likeness (QED) is 0.131. The van der Waals surface area contributed by atoms with Gasteiger partial charge in [0.1, 0.15) is 6.04 Å². The molecule has 0 bridgehead atoms. The number of aryl methyl sites for hydroxylation is 2. The van der Waals surface area contributed by atoms with Crippen LogP contribution in [0.15, 0.2) is 75.5 Å². The summed E-state index contributed by atoms with van der Waals surface area (Å²) >= 11 is 11.5. The number of hydrogen-bond acceptors (Lipinski definition) is 8. The Morgan fingerprint density at radius 1 is 1.06 bits per heavy atom. The maximum Gasteiger partial charge on any atom is 0.260 e. The van der Waals surface area contributed by atoms with Crippen molar-refractivity contribution in [2.45, 2.75) is 58.5 Å². The summed E-state index contributed by atoms with van der Waals surface area (Å²) in [5, 5.41) is 12.5. The van der Waals surface area contributed by atoms with Crippen LogP contribution in [-0.4, -0.2) is 57.8 Å². The van der Waals surface area contributed by atoms with E-state index in [2.05, 4.69) is 26.6 Å². The lowest BCUT2D eigenvalue weighted by Crippen LogP contribution is -2.34. The molecular weight excluding hydrogens is 728 g/mol. The van der Waals surface area contributed by atoms with Crippen LogP contribution >= 0.6 is 39.3 Å². The van der Waals surface area contributed by atoms with Gasteiger partial charge in [0, 0.05) is 35.2 Å². The molecule has 0 saturated carbocycles. The van der Waals surface area contributed by atoms with Gasteiger partial charge in [0.05, 0.1) is 16.7 Å². The first-order valence-electron chi connectivity index (χ1n) is 16.1. The fraction of sp³-hybridized carbons (Fsp3) is 0.333. The maximum atomic E-state index is 14.2. The van der Waals surface area contributed by atoms with Crippen LogP contribution in [0.4, 0.5) is 11.6 Å². The predicted molar refractivity (Wildman–Crippen MR) is 199 cm³/mol. The number of amides is 2. The third kappa shape index (κ3) is 8.25. The zero-order valence-electron chi connectivity index (χ0n) is 28.4. The van der Waals surface area contributed by atoms with E-state index in [0.29, 0.717) is 80.1 Å². The van der Waals surface area contributed by atoms with E-state index in [1.165, 1.54) is 11.8 Å². The van der Waals surface area contributed by atoms with E-state index in [1.54, 1.807) is 9.58 Å². The second-order valence-corrected chi connectivity index (χ2v) is 13.7. The Bertz CT molecular complexity index is 1890. The summed E-state index contributed by atoms with van der Waals surface area (Å²) < 4.78 is 14.4. The molecule has 5 rings (SSSR count). The van der Waals surface area contributed by atoms with Crippen LogP contribution in [0.1, 0.15) is 56.0 Å². The first-order valence-corrected chi connectivity index (χ1v) is 18.3. The third-order valence-corrected chi connectivity index (χ3v) is 9.97. The number of fused-ring (bicyclic) bond motifs is 1. The fourth-order valence-corrected chi connectivity index (χ4v) is 7.34. The maximum absolute atomic E-state index is 14.2. The Hall–Kier alpha value is -4.00. The summed E-state index contributed by atoms with van der Waals surface area (Å²) in [4.78, 5) is 33.5. The van der Waals surface area contributed by atoms with Crippen molar-refractivity contribution < 1.29 is 19.1 Å². The molecule has 13 heteroatoms. The molecule has 0 aliphatic carbocycles. The molecule has 10 nitrogen and oxygen atoms in total. The third-order valence-electron chi connectivity index (χ3n) is 8.13. The van der Waals surface area contributed by atoms with E-state index in [1.807, 2.05) is 96.1 Å². The first kappa shape index (κ1) is 36.3. The highest BCUT2D eigenvalue weighted by Gasteiger charge is 2.36. The van der Waals surface area contributed by atoms with Crippen LogP contribution in [0.3, 0.4) is 0 Å². The van der Waals surface area contributed by atoms with Crippen molar-refractivity contribution in [2.75, 3.05) is 36.9 Å². The van der Waals surface area contributed by atoms with E-state index >= 15 is 0 Å². The van der Waals surface area contributed by atoms with Crippen LogP contribution in [0.2, 0.25) is 5.02 Å². The molecule has 2 amide bonds. The summed E-state index contributed by atoms with van der Waals surface area (Å²) in [6.07, 6.45) is 0. The minimum atomic E-state index is -0.689. The number of ether oxygens (including phenoxy) is 2. The Morgan fingerprint density at radius 3 is 2.51 bits per heavy atom. The molecule has 0 spiro atoms. The van der Waals surface area contributed by atoms with Crippen molar-refractivity contribution >= 4 is 62.7 Å². The minimum absolute atomic E-state index is 0.125. The zero-order valence-corrected chi connectivity index (χ0v) is 31.6. The van der Waals surface area contributed by atoms with Gasteiger partial charge in [-0.15, -0.1) is 5.10 Å². The van der Waals surface area contributed by atoms with Crippen molar-refractivity contribution in [3.8, 4) is 11.5 Å². The number of carbonyl (C=O) groups is 2. The van der Waals surface area contributed by atoms with Crippen LogP contribution in [-0.2, 0) is 15.3 Å². The number of nitrogens with one attached hydrogen (secondary N) is 2. The van der Waals surface area contributed by atoms with Gasteiger partial charge in [-0.1, -0.05) is 59.3 Å². The molecule has 49 heavy (non-hydrogen) atoms. The highest BCUT2D eigenvalue weighted by molar-refractivity contribution is 9.10. The molecule has 1 aliphatic rings. The van der Waals surface area contributed by atoms with E-state index < -0.39 is 6.04 Å². The standard InChI is InChI=1S/C36H40BrClN6O4S/c1-7-43(8-2)30(45)19-48-33-26(37)17-25(18-29(33)47-9-3)32-31(34(46)40-28-15-14-21(4)16-22(28)5)23(6)39-35-41-36(42-44(32)35)49-20-24-12-10-11-13-27(24)38/h10-18,32H,7-9,19-20H2,1-6H3,(H,40,46)(H,39,41,42). The Kier molecular flexibility index (Phi) is 12.0. The lowest BCUT2D eigenvalue weighted by Gasteiger charge is -2.29. The van der Waals surface area contributed by atoms with E-state index in [0.717, 1.165) is 16.7 Å². The normalized spacial score (nSPS) is 13.8. The second-order valence-electron chi connectivity index (χ2n) is 11.5. The molecule has 258 valence electrons. The summed E-state index contributed by atoms with van der Waals surface area (Å²) in [6.45, 7) is 13.0. The number of rotatable bonds is 13. The molecule has 1 aliphatic heterocycles. The summed E-state index contributed by atoms with van der Waals surface area (Å²) in [6, 6.07) is 16.6. The number of anilines is 2. The first-order chi connectivity index (χ1) is 23.5. The molecule has 4 aromatic rings. The molecule has 1 unspecified atom stereocenters. The molecule has 0 saturated heterocycles. The molecule has 2 N–H and O–H groups in total. The van der Waals surface area contributed by atoms with Crippen molar-refractivity contribution in [3.05, 3.63) is 97.6 Å². The number of nitrogens with zero attached hydrogens (tertiary/aromatic N) is 4. The highest BCUT2D eigenvalue weighted by atomic mass is 79.9. The largest absolute Gasteiger partial charge is 0.490 e. The van der Waals surface area contributed by atoms with Gasteiger partial charge in [-0.2, -0.15) is 4.98 Å². The van der Waals surface area contributed by atoms with Gasteiger partial charge >= 0.3 is 0 Å². The van der Waals surface area contributed by atoms with Gasteiger partial charge in [0.15, 0.2) is 18.1 Å². The molecule has 1 aromatic heterocycles. The number of likely N-dealkylation sites (N-methyl/N-ethyl adjacent to an activating group) is 1. The van der Waals surface area contributed by atoms with Gasteiger partial charge < -0.3 is 25.0 Å². The summed E-state index contributed by atoms with van der Waals surface area (Å²) in [5.41, 5.74) is 5.54. The van der Waals surface area contributed by atoms with Crippen LogP contribution in [0.5, 0.6) is 11.5 Å². The Balaban J connectivity index is 1.56. The van der Waals surface area contributed by atoms with Crippen molar-refractivity contribution in [1.82, 2.24) is 19.7 Å². The predicted octanol–water partition coefficient (Wildman–Crippen LogP) is 8.18. The topological polar surface area (TPSA) is 111 Å². The minimum Gasteiger partial charge on any atom is -0.490 e. The Labute approximate surface area is 304 Å². The highest BCUT2D eigenvalue weighted by Crippen LogP contribution is 2.44. The average Bonchev–Trinajstić information content (AvgIpc) is 3.47. The van der Waals surface area contributed by atoms with Crippen LogP contribution in [0, 0.1) is 13.8 Å². The van der Waals surface area contributed by atoms with Crippen LogP contribution < -0.4 is 20.1 Å². The summed E-state index contributed by atoms with van der Waals surface area (Å²) in [7, 11) is 0. The van der Waals surface area contributed by atoms with Gasteiger partial charge in [0.2, 0.25) is 11.1 Å². The number of benzene rings is 3. The Morgan fingerprint density at radius 2 is 1.82 bits per heavy atom. The number of carbonyl (C=O) groups excluding carboxylic acids is 2. The SMILES string of the molecule is CCOc1cc(C2C(C(=O)Nc3ccc(C)cc3C)=C(C)Nc3nc(SCc4ccccc4Cl)nn32)cc(Br)c1OCC(=O)N(CC)CC. The van der Waals surface area contributed by atoms with Gasteiger partial charge in [-0.3, -0.25) is 9.59 Å². The van der Waals surface area contributed by atoms with Crippen molar-refractivity contribution in [2.24, 2.45) is 0 Å². The molecular formula is C36H40BrClN6O4S. The number of allylic oxidation sites excluding steroid dienone is 1. The fourth-order valence-electron chi connectivity index (χ4n) is 5.65. The van der Waals surface area contributed by atoms with E-state index in [-0.39, 0.29) is 18.4 Å². The molecule has 0 radical (unpaired) electrons. The zero-order chi connectivity index (χ0) is 35.2.